The topological polar surface area (TPSA) is 155 Å². The summed E-state index contributed by atoms with van der Waals surface area (Å²) < 4.78 is 16.8. The summed E-state index contributed by atoms with van der Waals surface area (Å²) >= 11 is 1.21. The van der Waals surface area contributed by atoms with Crippen LogP contribution in [-0.4, -0.2) is 63.3 Å². The Morgan fingerprint density at radius 2 is 1.53 bits per heavy atom. The highest BCUT2D eigenvalue weighted by molar-refractivity contribution is 8.00. The molecule has 1 unspecified atom stereocenters. The van der Waals surface area contributed by atoms with Crippen molar-refractivity contribution in [2.75, 3.05) is 5.75 Å². The molecule has 5 rings (SSSR count). The van der Waals surface area contributed by atoms with Gasteiger partial charge < -0.3 is 14.2 Å². The molecule has 13 heteroatoms. The highest BCUT2D eigenvalue weighted by Crippen LogP contribution is 2.44. The zero-order chi connectivity index (χ0) is 32.1. The minimum Gasteiger partial charge on any atom is -0.449 e. The molecular formula is C32H27N3O9S. The van der Waals surface area contributed by atoms with Crippen molar-refractivity contribution >= 4 is 47.5 Å². The van der Waals surface area contributed by atoms with Crippen LogP contribution < -0.4 is 0 Å². The van der Waals surface area contributed by atoms with E-state index < -0.39 is 52.5 Å². The Labute approximate surface area is 261 Å². The van der Waals surface area contributed by atoms with Gasteiger partial charge in [0.1, 0.15) is 11.1 Å². The van der Waals surface area contributed by atoms with Crippen LogP contribution >= 0.6 is 11.8 Å². The van der Waals surface area contributed by atoms with Crippen molar-refractivity contribution in [2.24, 2.45) is 4.99 Å². The second-order valence-electron chi connectivity index (χ2n) is 10.0. The molecule has 0 radical (unpaired) electrons. The number of ether oxygens (including phenoxy) is 3. The summed E-state index contributed by atoms with van der Waals surface area (Å²) in [5, 5.41) is 10.3. The second-order valence-corrected chi connectivity index (χ2v) is 11.1. The van der Waals surface area contributed by atoms with E-state index >= 15 is 0 Å². The number of nitro groups is 1. The van der Waals surface area contributed by atoms with Gasteiger partial charge in [-0.2, -0.15) is 0 Å². The lowest BCUT2D eigenvalue weighted by Crippen LogP contribution is -2.66. The minimum atomic E-state index is -1.35. The molecule has 0 bridgehead atoms. The van der Waals surface area contributed by atoms with Crippen LogP contribution in [0.1, 0.15) is 36.6 Å². The molecule has 1 amide bonds. The van der Waals surface area contributed by atoms with Gasteiger partial charge in [0.15, 0.2) is 6.10 Å². The van der Waals surface area contributed by atoms with Crippen molar-refractivity contribution in [3.05, 3.63) is 123 Å². The maximum atomic E-state index is 14.1. The summed E-state index contributed by atoms with van der Waals surface area (Å²) in [6, 6.07) is 23.7. The van der Waals surface area contributed by atoms with E-state index in [4.69, 9.17) is 14.2 Å². The number of amides is 1. The van der Waals surface area contributed by atoms with Gasteiger partial charge in [-0.05, 0) is 28.8 Å². The van der Waals surface area contributed by atoms with Crippen molar-refractivity contribution < 1.29 is 38.3 Å². The fourth-order valence-electron chi connectivity index (χ4n) is 4.87. The third kappa shape index (κ3) is 6.93. The van der Waals surface area contributed by atoms with E-state index in [0.717, 1.165) is 0 Å². The van der Waals surface area contributed by atoms with Gasteiger partial charge in [0, 0.05) is 43.5 Å². The lowest BCUT2D eigenvalue weighted by molar-refractivity contribution is -0.384. The van der Waals surface area contributed by atoms with Crippen LogP contribution in [0.4, 0.5) is 5.69 Å². The molecule has 1 fully saturated rings. The maximum Gasteiger partial charge on any atom is 0.356 e. The lowest BCUT2D eigenvalue weighted by Gasteiger charge is -2.49. The van der Waals surface area contributed by atoms with Gasteiger partial charge in [0.25, 0.3) is 11.6 Å². The van der Waals surface area contributed by atoms with Crippen LogP contribution in [0.25, 0.3) is 0 Å². The molecule has 2 aliphatic rings. The fraction of sp³-hybridized carbons (Fsp3) is 0.219. The maximum absolute atomic E-state index is 14.1. The predicted molar refractivity (Wildman–Crippen MR) is 163 cm³/mol. The number of β-lactam (4-membered cyclic amide) rings is 1. The normalized spacial score (nSPS) is 18.2. The molecule has 12 nitrogen and oxygen atoms in total. The SMILES string of the molecule is CC(=O)OC(N=Cc1ccc([N+](=O)[O-])cc1)C1=C(C(=O)OC(c2ccccc2)c2ccccc2)N2C(=O)[C@H](OC(C)=O)[C@H]2SC1. The van der Waals surface area contributed by atoms with Gasteiger partial charge in [-0.25, -0.2) is 9.79 Å². The number of carbonyl (C=O) groups is 4. The molecule has 3 aromatic carbocycles. The zero-order valence-electron chi connectivity index (χ0n) is 24.1. The Kier molecular flexibility index (Phi) is 9.38. The predicted octanol–water partition coefficient (Wildman–Crippen LogP) is 4.34. The van der Waals surface area contributed by atoms with Crippen LogP contribution in [0.2, 0.25) is 0 Å². The Morgan fingerprint density at radius 3 is 2.07 bits per heavy atom. The summed E-state index contributed by atoms with van der Waals surface area (Å²) in [7, 11) is 0. The first-order valence-electron chi connectivity index (χ1n) is 13.7. The number of rotatable bonds is 10. The molecule has 230 valence electrons. The molecule has 0 aliphatic carbocycles. The molecule has 45 heavy (non-hydrogen) atoms. The van der Waals surface area contributed by atoms with Gasteiger partial charge >= 0.3 is 17.9 Å². The molecule has 3 aromatic rings. The van der Waals surface area contributed by atoms with Crippen molar-refractivity contribution in [1.82, 2.24) is 4.90 Å². The third-order valence-electron chi connectivity index (χ3n) is 6.90. The van der Waals surface area contributed by atoms with Crippen molar-refractivity contribution in [3.8, 4) is 0 Å². The number of aliphatic imine (C=N–C) groups is 1. The van der Waals surface area contributed by atoms with Crippen LogP contribution in [0.3, 0.4) is 0 Å². The highest BCUT2D eigenvalue weighted by Gasteiger charge is 2.57. The van der Waals surface area contributed by atoms with Crippen LogP contribution in [0, 0.1) is 10.1 Å². The number of hydrogen-bond acceptors (Lipinski definition) is 11. The van der Waals surface area contributed by atoms with E-state index in [1.54, 1.807) is 24.3 Å². The van der Waals surface area contributed by atoms with E-state index in [1.165, 1.54) is 61.0 Å². The monoisotopic (exact) mass is 629 g/mol. The second kappa shape index (κ2) is 13.6. The van der Waals surface area contributed by atoms with E-state index in [-0.39, 0.29) is 22.7 Å². The lowest BCUT2D eigenvalue weighted by atomic mass is 10.0. The Balaban J connectivity index is 1.56. The van der Waals surface area contributed by atoms with Gasteiger partial charge in [-0.15, -0.1) is 11.8 Å². The Hall–Kier alpha value is -5.30. The molecule has 2 aliphatic heterocycles. The average molecular weight is 630 g/mol. The molecule has 1 saturated heterocycles. The first-order chi connectivity index (χ1) is 21.6. The van der Waals surface area contributed by atoms with E-state index in [2.05, 4.69) is 4.99 Å². The number of esters is 3. The fourth-order valence-corrected chi connectivity index (χ4v) is 6.21. The Morgan fingerprint density at radius 1 is 0.933 bits per heavy atom. The summed E-state index contributed by atoms with van der Waals surface area (Å²) in [4.78, 5) is 67.4. The third-order valence-corrected chi connectivity index (χ3v) is 8.18. The van der Waals surface area contributed by atoms with Crippen molar-refractivity contribution in [2.45, 2.75) is 37.7 Å². The van der Waals surface area contributed by atoms with Crippen LogP contribution in [0.15, 0.2) is 101 Å². The Bertz CT molecular complexity index is 1640. The summed E-state index contributed by atoms with van der Waals surface area (Å²) in [5.41, 5.74) is 1.73. The number of nitrogens with zero attached hydrogens (tertiary/aromatic N) is 3. The van der Waals surface area contributed by atoms with Gasteiger partial charge in [-0.3, -0.25) is 29.4 Å². The summed E-state index contributed by atoms with van der Waals surface area (Å²) in [6.07, 6.45) is -1.95. The average Bonchev–Trinajstić information content (AvgIpc) is 3.04. The van der Waals surface area contributed by atoms with E-state index in [9.17, 15) is 29.3 Å². The molecule has 3 atom stereocenters. The van der Waals surface area contributed by atoms with Gasteiger partial charge in [0.05, 0.1) is 4.92 Å². The quantitative estimate of drug-likeness (QED) is 0.0790. The molecule has 0 spiro atoms. The summed E-state index contributed by atoms with van der Waals surface area (Å²) in [6.45, 7) is 2.37. The largest absolute Gasteiger partial charge is 0.449 e. The number of benzene rings is 3. The van der Waals surface area contributed by atoms with Crippen molar-refractivity contribution in [1.29, 1.82) is 0 Å². The molecular weight excluding hydrogens is 602 g/mol. The standard InChI is InChI=1S/C32H27N3O9S/c1-19(36)42-28-30(38)34-26(32(39)44-27(22-9-5-3-6-10-22)23-11-7-4-8-12-23)25(18-45-31(28)34)29(43-20(2)37)33-17-21-13-15-24(16-14-21)35(40)41/h3-17,27-29,31H,18H2,1-2H3/t28-,29?,31+/m0/s1. The number of fused-ring (bicyclic) bond motifs is 1. The van der Waals surface area contributed by atoms with Crippen molar-refractivity contribution in [3.63, 3.8) is 0 Å². The number of hydrogen-bond donors (Lipinski definition) is 0. The van der Waals surface area contributed by atoms with Gasteiger partial charge in [-0.1, -0.05) is 60.7 Å². The highest BCUT2D eigenvalue weighted by atomic mass is 32.2. The number of thioether (sulfide) groups is 1. The number of nitro benzene ring substituents is 1. The first-order valence-corrected chi connectivity index (χ1v) is 14.8. The van der Waals surface area contributed by atoms with Gasteiger partial charge in [0.2, 0.25) is 12.3 Å². The molecule has 0 N–H and O–H groups in total. The van der Waals surface area contributed by atoms with E-state index in [0.29, 0.717) is 16.7 Å². The first kappa shape index (κ1) is 31.1. The molecule has 2 heterocycles. The zero-order valence-corrected chi connectivity index (χ0v) is 24.9. The van der Waals surface area contributed by atoms with E-state index in [1.807, 2.05) is 36.4 Å². The number of carbonyl (C=O) groups excluding carboxylic acids is 4. The smallest absolute Gasteiger partial charge is 0.356 e. The molecule has 0 saturated carbocycles. The number of non-ortho nitro benzene ring substituents is 1. The van der Waals surface area contributed by atoms with Crippen LogP contribution in [-0.2, 0) is 33.4 Å². The minimum absolute atomic E-state index is 0.0769. The summed E-state index contributed by atoms with van der Waals surface area (Å²) in [5.74, 6) is -2.78. The molecule has 0 aromatic heterocycles. The van der Waals surface area contributed by atoms with Crippen LogP contribution in [0.5, 0.6) is 0 Å².